The smallest absolute Gasteiger partial charge is 0.303 e. The van der Waals surface area contributed by atoms with Crippen LogP contribution in [0, 0.1) is 11.6 Å². The number of unbranched alkanes of at least 4 members (excludes halogenated alkanes) is 1. The molecule has 0 radical (unpaired) electrons. The molecule has 10 heteroatoms. The molecule has 1 unspecified atom stereocenters. The second-order valence-electron chi connectivity index (χ2n) is 9.36. The van der Waals surface area contributed by atoms with Crippen molar-refractivity contribution >= 4 is 22.6 Å². The molecule has 2 atom stereocenters. The number of aliphatic carboxylic acids is 1. The first-order valence-corrected chi connectivity index (χ1v) is 12.5. The molecule has 1 aromatic heterocycles. The Hall–Kier alpha value is -4.44. The molecule has 3 aromatic carbocycles. The second-order valence-corrected chi connectivity index (χ2v) is 9.36. The molecule has 0 fully saturated rings. The number of aromatic nitrogens is 2. The van der Waals surface area contributed by atoms with Crippen molar-refractivity contribution in [2.45, 2.75) is 44.3 Å². The molecule has 0 saturated carbocycles. The SMILES string of the molecule is O=C(O)CCCCc1nc2cc(C3=NOC([C@@H](O)c4ccc(F)cc4)C3)ccc2c(=O)n1-c1ccc(F)cc1. The maximum absolute atomic E-state index is 13.6. The van der Waals surface area contributed by atoms with E-state index in [0.717, 1.165) is 0 Å². The molecule has 0 saturated heterocycles. The van der Waals surface area contributed by atoms with Gasteiger partial charge in [-0.15, -0.1) is 0 Å². The molecule has 1 aliphatic heterocycles. The summed E-state index contributed by atoms with van der Waals surface area (Å²) in [6.45, 7) is 0. The van der Waals surface area contributed by atoms with Gasteiger partial charge in [-0.3, -0.25) is 14.2 Å². The first-order valence-electron chi connectivity index (χ1n) is 12.5. The number of rotatable bonds is 9. The number of hydrogen-bond acceptors (Lipinski definition) is 6. The second kappa shape index (κ2) is 11.1. The first-order chi connectivity index (χ1) is 18.8. The predicted octanol–water partition coefficient (Wildman–Crippen LogP) is 4.69. The van der Waals surface area contributed by atoms with E-state index in [4.69, 9.17) is 14.9 Å². The molecule has 39 heavy (non-hydrogen) atoms. The van der Waals surface area contributed by atoms with Crippen LogP contribution in [0.15, 0.2) is 76.7 Å². The van der Waals surface area contributed by atoms with Crippen LogP contribution in [0.2, 0.25) is 0 Å². The molecule has 0 amide bonds. The molecule has 0 bridgehead atoms. The Bertz CT molecular complexity index is 1600. The van der Waals surface area contributed by atoms with Crippen LogP contribution in [0.25, 0.3) is 16.6 Å². The summed E-state index contributed by atoms with van der Waals surface area (Å²) < 4.78 is 28.2. The largest absolute Gasteiger partial charge is 0.481 e. The normalized spacial score (nSPS) is 15.7. The summed E-state index contributed by atoms with van der Waals surface area (Å²) in [6.07, 6.45) is -0.123. The quantitative estimate of drug-likeness (QED) is 0.302. The highest BCUT2D eigenvalue weighted by molar-refractivity contribution is 6.03. The van der Waals surface area contributed by atoms with E-state index in [9.17, 15) is 23.5 Å². The van der Waals surface area contributed by atoms with E-state index in [0.29, 0.717) is 64.9 Å². The van der Waals surface area contributed by atoms with Crippen molar-refractivity contribution in [2.24, 2.45) is 5.16 Å². The van der Waals surface area contributed by atoms with Crippen molar-refractivity contribution < 1.29 is 28.6 Å². The van der Waals surface area contributed by atoms with Gasteiger partial charge in [-0.2, -0.15) is 0 Å². The summed E-state index contributed by atoms with van der Waals surface area (Å²) in [7, 11) is 0. The molecule has 0 spiro atoms. The summed E-state index contributed by atoms with van der Waals surface area (Å²) in [5.41, 5.74) is 2.29. The van der Waals surface area contributed by atoms with E-state index >= 15 is 0 Å². The third kappa shape index (κ3) is 5.70. The van der Waals surface area contributed by atoms with Crippen LogP contribution < -0.4 is 5.56 Å². The van der Waals surface area contributed by atoms with Gasteiger partial charge in [-0.1, -0.05) is 23.4 Å². The van der Waals surface area contributed by atoms with Crippen LogP contribution in [-0.4, -0.2) is 37.5 Å². The number of fused-ring (bicyclic) bond motifs is 1. The van der Waals surface area contributed by atoms with E-state index in [1.807, 2.05) is 0 Å². The van der Waals surface area contributed by atoms with Crippen molar-refractivity contribution in [1.29, 1.82) is 0 Å². The van der Waals surface area contributed by atoms with Gasteiger partial charge in [-0.25, -0.2) is 13.8 Å². The lowest BCUT2D eigenvalue weighted by molar-refractivity contribution is -0.137. The average molecular weight is 534 g/mol. The van der Waals surface area contributed by atoms with Gasteiger partial charge in [0.25, 0.3) is 5.56 Å². The number of benzene rings is 3. The minimum atomic E-state index is -1.01. The van der Waals surface area contributed by atoms with Gasteiger partial charge < -0.3 is 15.1 Å². The third-order valence-electron chi connectivity index (χ3n) is 6.65. The number of aliphatic hydroxyl groups is 1. The van der Waals surface area contributed by atoms with Crippen LogP contribution in [0.5, 0.6) is 0 Å². The summed E-state index contributed by atoms with van der Waals surface area (Å²) in [4.78, 5) is 34.7. The topological polar surface area (TPSA) is 114 Å². The summed E-state index contributed by atoms with van der Waals surface area (Å²) in [6, 6.07) is 16.1. The van der Waals surface area contributed by atoms with Crippen molar-refractivity contribution in [3.63, 3.8) is 0 Å². The van der Waals surface area contributed by atoms with Crippen LogP contribution in [0.1, 0.15) is 48.7 Å². The van der Waals surface area contributed by atoms with Crippen LogP contribution >= 0.6 is 0 Å². The maximum atomic E-state index is 13.6. The van der Waals surface area contributed by atoms with Crippen LogP contribution in [-0.2, 0) is 16.1 Å². The van der Waals surface area contributed by atoms with Crippen molar-refractivity contribution in [1.82, 2.24) is 9.55 Å². The highest BCUT2D eigenvalue weighted by Crippen LogP contribution is 2.28. The highest BCUT2D eigenvalue weighted by atomic mass is 19.1. The van der Waals surface area contributed by atoms with Crippen molar-refractivity contribution in [3.05, 3.63) is 106 Å². The fourth-order valence-corrected chi connectivity index (χ4v) is 4.61. The lowest BCUT2D eigenvalue weighted by Crippen LogP contribution is -2.24. The molecule has 4 aromatic rings. The molecule has 200 valence electrons. The number of hydrogen-bond donors (Lipinski definition) is 2. The molecule has 1 aliphatic rings. The lowest BCUT2D eigenvalue weighted by Gasteiger charge is -2.16. The number of oxime groups is 1. The third-order valence-corrected chi connectivity index (χ3v) is 6.65. The van der Waals surface area contributed by atoms with Gasteiger partial charge in [-0.05, 0) is 66.9 Å². The minimum absolute atomic E-state index is 0.00325. The molecule has 2 heterocycles. The molecule has 8 nitrogen and oxygen atoms in total. The van der Waals surface area contributed by atoms with Gasteiger partial charge in [0.1, 0.15) is 23.6 Å². The van der Waals surface area contributed by atoms with Gasteiger partial charge >= 0.3 is 5.97 Å². The predicted molar refractivity (Wildman–Crippen MR) is 140 cm³/mol. The Morgan fingerprint density at radius 2 is 1.72 bits per heavy atom. The zero-order valence-electron chi connectivity index (χ0n) is 20.8. The number of aryl methyl sites for hydroxylation is 1. The van der Waals surface area contributed by atoms with E-state index in [2.05, 4.69) is 5.16 Å². The van der Waals surface area contributed by atoms with Crippen molar-refractivity contribution in [2.75, 3.05) is 0 Å². The number of carboxylic acid groups (broad SMARTS) is 1. The number of carboxylic acids is 1. The highest BCUT2D eigenvalue weighted by Gasteiger charge is 2.30. The minimum Gasteiger partial charge on any atom is -0.481 e. The Labute approximate surface area is 221 Å². The number of nitrogens with zero attached hydrogens (tertiary/aromatic N) is 3. The zero-order valence-corrected chi connectivity index (χ0v) is 20.8. The van der Waals surface area contributed by atoms with Crippen molar-refractivity contribution in [3.8, 4) is 5.69 Å². The number of aliphatic hydroxyl groups excluding tert-OH is 1. The Kier molecular flexibility index (Phi) is 7.47. The monoisotopic (exact) mass is 533 g/mol. The van der Waals surface area contributed by atoms with E-state index in [1.165, 1.54) is 53.1 Å². The number of halogens is 2. The zero-order chi connectivity index (χ0) is 27.5. The van der Waals surface area contributed by atoms with Gasteiger partial charge in [0.05, 0.1) is 22.3 Å². The van der Waals surface area contributed by atoms with Gasteiger partial charge in [0.2, 0.25) is 0 Å². The summed E-state index contributed by atoms with van der Waals surface area (Å²) in [5.74, 6) is -1.31. The molecule has 0 aliphatic carbocycles. The first kappa shape index (κ1) is 26.2. The van der Waals surface area contributed by atoms with E-state index in [-0.39, 0.29) is 12.0 Å². The average Bonchev–Trinajstić information content (AvgIpc) is 3.42. The Balaban J connectivity index is 1.45. The fourth-order valence-electron chi connectivity index (χ4n) is 4.61. The summed E-state index contributed by atoms with van der Waals surface area (Å²) >= 11 is 0. The maximum Gasteiger partial charge on any atom is 0.303 e. The van der Waals surface area contributed by atoms with Crippen LogP contribution in [0.3, 0.4) is 0 Å². The van der Waals surface area contributed by atoms with E-state index < -0.39 is 29.8 Å². The van der Waals surface area contributed by atoms with Gasteiger partial charge in [0.15, 0.2) is 6.10 Å². The molecule has 2 N–H and O–H groups in total. The lowest BCUT2D eigenvalue weighted by atomic mass is 9.97. The standard InChI is InChI=1S/C29H25F2N3O5/c30-19-8-5-17(6-9-19)28(37)25-16-23(33-39-25)18-7-14-22-24(15-18)32-26(3-1-2-4-27(35)36)34(29(22)38)21-12-10-20(31)11-13-21/h5-15,25,28,37H,1-4,16H2,(H,35,36)/t25?,28-/m0/s1. The Morgan fingerprint density at radius 3 is 2.41 bits per heavy atom. The van der Waals surface area contributed by atoms with E-state index in [1.54, 1.807) is 18.2 Å². The Morgan fingerprint density at radius 1 is 1.03 bits per heavy atom. The fraction of sp³-hybridized carbons (Fsp3) is 0.241. The molecular weight excluding hydrogens is 508 g/mol. The summed E-state index contributed by atoms with van der Waals surface area (Å²) in [5, 5.41) is 24.1. The molecule has 5 rings (SSSR count). The van der Waals surface area contributed by atoms with Crippen LogP contribution in [0.4, 0.5) is 8.78 Å². The molecular formula is C29H25F2N3O5. The van der Waals surface area contributed by atoms with Gasteiger partial charge in [0, 0.05) is 24.8 Å². The number of carbonyl (C=O) groups is 1.